The molecular formula is C11H16O5. The van der Waals surface area contributed by atoms with Crippen molar-refractivity contribution in [1.29, 1.82) is 0 Å². The van der Waals surface area contributed by atoms with Crippen LogP contribution in [0.15, 0.2) is 0 Å². The molecule has 0 N–H and O–H groups in total. The fourth-order valence-corrected chi connectivity index (χ4v) is 1.37. The first-order valence-electron chi connectivity index (χ1n) is 5.04. The predicted molar refractivity (Wildman–Crippen MR) is 54.2 cm³/mol. The number of carbonyl (C=O) groups excluding carboxylic acids is 3. The monoisotopic (exact) mass is 228 g/mol. The molecular weight excluding hydrogens is 212 g/mol. The lowest BCUT2D eigenvalue weighted by atomic mass is 9.82. The fraction of sp³-hybridized carbons (Fsp3) is 0.727. The second kappa shape index (κ2) is 3.57. The molecule has 1 heterocycles. The lowest BCUT2D eigenvalue weighted by molar-refractivity contribution is -0.239. The van der Waals surface area contributed by atoms with Crippen LogP contribution in [0.4, 0.5) is 0 Å². The van der Waals surface area contributed by atoms with Crippen LogP contribution in [0.1, 0.15) is 34.6 Å². The summed E-state index contributed by atoms with van der Waals surface area (Å²) in [5, 5.41) is 0. The highest BCUT2D eigenvalue weighted by Crippen LogP contribution is 2.29. The summed E-state index contributed by atoms with van der Waals surface area (Å²) >= 11 is 0. The number of cyclic esters (lactones) is 2. The second-order valence-corrected chi connectivity index (χ2v) is 5.29. The highest BCUT2D eigenvalue weighted by molar-refractivity contribution is 6.17. The van der Waals surface area contributed by atoms with Gasteiger partial charge in [0.05, 0.1) is 0 Å². The number of ketones is 1. The Morgan fingerprint density at radius 1 is 1.12 bits per heavy atom. The summed E-state index contributed by atoms with van der Waals surface area (Å²) in [5.41, 5.74) is -0.788. The van der Waals surface area contributed by atoms with Crippen molar-refractivity contribution in [1.82, 2.24) is 0 Å². The van der Waals surface area contributed by atoms with Gasteiger partial charge in [-0.15, -0.1) is 0 Å². The van der Waals surface area contributed by atoms with Gasteiger partial charge >= 0.3 is 11.9 Å². The molecule has 5 nitrogen and oxygen atoms in total. The van der Waals surface area contributed by atoms with Gasteiger partial charge < -0.3 is 9.47 Å². The van der Waals surface area contributed by atoms with Crippen LogP contribution in [0.5, 0.6) is 0 Å². The van der Waals surface area contributed by atoms with E-state index in [-0.39, 0.29) is 0 Å². The summed E-state index contributed by atoms with van der Waals surface area (Å²) in [5.74, 6) is -4.89. The van der Waals surface area contributed by atoms with Crippen molar-refractivity contribution in [2.75, 3.05) is 0 Å². The smallest absolute Gasteiger partial charge is 0.331 e. The van der Waals surface area contributed by atoms with Gasteiger partial charge in [-0.25, -0.2) is 0 Å². The van der Waals surface area contributed by atoms with Gasteiger partial charge in [0.1, 0.15) is 0 Å². The molecule has 0 aliphatic carbocycles. The molecule has 0 aromatic carbocycles. The number of carbonyl (C=O) groups is 3. The molecule has 0 radical (unpaired) electrons. The lowest BCUT2D eigenvalue weighted by Gasteiger charge is -2.34. The van der Waals surface area contributed by atoms with E-state index in [0.29, 0.717) is 0 Å². The van der Waals surface area contributed by atoms with Gasteiger partial charge in [0.15, 0.2) is 5.78 Å². The Kier molecular flexibility index (Phi) is 2.83. The van der Waals surface area contributed by atoms with Crippen molar-refractivity contribution in [3.63, 3.8) is 0 Å². The molecule has 1 saturated heterocycles. The largest absolute Gasteiger partial charge is 0.422 e. The van der Waals surface area contributed by atoms with Crippen LogP contribution < -0.4 is 0 Å². The Morgan fingerprint density at radius 2 is 1.50 bits per heavy atom. The van der Waals surface area contributed by atoms with Crippen molar-refractivity contribution in [2.45, 2.75) is 40.4 Å². The summed E-state index contributed by atoms with van der Waals surface area (Å²) in [6.45, 7) is 7.79. The van der Waals surface area contributed by atoms with E-state index in [1.165, 1.54) is 13.8 Å². The van der Waals surface area contributed by atoms with E-state index in [4.69, 9.17) is 9.47 Å². The Morgan fingerprint density at radius 3 is 1.81 bits per heavy atom. The molecule has 0 aromatic rings. The van der Waals surface area contributed by atoms with E-state index in [9.17, 15) is 14.4 Å². The van der Waals surface area contributed by atoms with Crippen molar-refractivity contribution < 1.29 is 23.9 Å². The van der Waals surface area contributed by atoms with Crippen molar-refractivity contribution >= 4 is 17.7 Å². The van der Waals surface area contributed by atoms with Crippen molar-refractivity contribution in [3.05, 3.63) is 0 Å². The van der Waals surface area contributed by atoms with E-state index in [2.05, 4.69) is 0 Å². The fourth-order valence-electron chi connectivity index (χ4n) is 1.37. The molecule has 1 aliphatic heterocycles. The van der Waals surface area contributed by atoms with E-state index < -0.39 is 34.8 Å². The third-order valence-electron chi connectivity index (χ3n) is 2.17. The number of hydrogen-bond donors (Lipinski definition) is 0. The van der Waals surface area contributed by atoms with Crippen LogP contribution in [-0.4, -0.2) is 23.5 Å². The third-order valence-corrected chi connectivity index (χ3v) is 2.17. The normalized spacial score (nSPS) is 21.3. The lowest BCUT2D eigenvalue weighted by Crippen LogP contribution is -2.51. The molecule has 0 atom stereocenters. The van der Waals surface area contributed by atoms with Crippen LogP contribution in [0, 0.1) is 11.3 Å². The van der Waals surface area contributed by atoms with Gasteiger partial charge in [-0.1, -0.05) is 20.8 Å². The zero-order chi connectivity index (χ0) is 12.7. The predicted octanol–water partition coefficient (Wildman–Crippen LogP) is 1.05. The average molecular weight is 228 g/mol. The number of Topliss-reactive ketones (excluding diaryl/α,β-unsaturated/α-hetero) is 1. The molecule has 0 unspecified atom stereocenters. The van der Waals surface area contributed by atoms with E-state index >= 15 is 0 Å². The minimum atomic E-state index is -1.45. The zero-order valence-electron chi connectivity index (χ0n) is 10.1. The van der Waals surface area contributed by atoms with Gasteiger partial charge in [0.2, 0.25) is 5.92 Å². The number of rotatable bonds is 1. The van der Waals surface area contributed by atoms with Crippen LogP contribution in [-0.2, 0) is 23.9 Å². The second-order valence-electron chi connectivity index (χ2n) is 5.29. The molecule has 1 rings (SSSR count). The Hall–Kier alpha value is -1.39. The number of hydrogen-bond acceptors (Lipinski definition) is 5. The standard InChI is InChI=1S/C11H16O5/c1-10(2,3)7(12)6-8(13)15-11(4,5)16-9(6)14/h6H,1-5H3. The maximum atomic E-state index is 11.8. The topological polar surface area (TPSA) is 69.7 Å². The quantitative estimate of drug-likeness (QED) is 0.495. The summed E-state index contributed by atoms with van der Waals surface area (Å²) < 4.78 is 9.74. The van der Waals surface area contributed by atoms with Crippen LogP contribution in [0.3, 0.4) is 0 Å². The highest BCUT2D eigenvalue weighted by atomic mass is 16.7. The van der Waals surface area contributed by atoms with Crippen LogP contribution in [0.25, 0.3) is 0 Å². The minimum Gasteiger partial charge on any atom is -0.422 e. The molecule has 0 amide bonds. The molecule has 0 aromatic heterocycles. The Labute approximate surface area is 94.1 Å². The summed E-state index contributed by atoms with van der Waals surface area (Å²) in [6, 6.07) is 0. The molecule has 16 heavy (non-hydrogen) atoms. The maximum Gasteiger partial charge on any atom is 0.331 e. The van der Waals surface area contributed by atoms with Crippen LogP contribution in [0.2, 0.25) is 0 Å². The SMILES string of the molecule is CC1(C)OC(=O)C(C(=O)C(C)(C)C)C(=O)O1. The molecule has 90 valence electrons. The molecule has 0 bridgehead atoms. The molecule has 1 fully saturated rings. The van der Waals surface area contributed by atoms with Gasteiger partial charge in [-0.3, -0.25) is 14.4 Å². The Bertz CT molecular complexity index is 328. The third kappa shape index (κ3) is 2.40. The van der Waals surface area contributed by atoms with Crippen LogP contribution >= 0.6 is 0 Å². The summed E-state index contributed by atoms with van der Waals surface area (Å²) in [7, 11) is 0. The number of esters is 2. The van der Waals surface area contributed by atoms with Crippen molar-refractivity contribution in [3.8, 4) is 0 Å². The average Bonchev–Trinajstić information content (AvgIpc) is 1.97. The highest BCUT2D eigenvalue weighted by Gasteiger charge is 2.49. The Balaban J connectivity index is 2.96. The van der Waals surface area contributed by atoms with Gasteiger partial charge in [0, 0.05) is 19.3 Å². The molecule has 1 aliphatic rings. The van der Waals surface area contributed by atoms with Gasteiger partial charge in [-0.2, -0.15) is 0 Å². The number of ether oxygens (including phenoxy) is 2. The summed E-state index contributed by atoms with van der Waals surface area (Å²) in [6.07, 6.45) is 0. The van der Waals surface area contributed by atoms with Crippen molar-refractivity contribution in [2.24, 2.45) is 11.3 Å². The first kappa shape index (κ1) is 12.7. The van der Waals surface area contributed by atoms with E-state index in [1.807, 2.05) is 0 Å². The van der Waals surface area contributed by atoms with E-state index in [0.717, 1.165) is 0 Å². The molecule has 5 heteroatoms. The maximum absolute atomic E-state index is 11.8. The molecule has 0 spiro atoms. The first-order chi connectivity index (χ1) is 7.04. The zero-order valence-corrected chi connectivity index (χ0v) is 10.1. The summed E-state index contributed by atoms with van der Waals surface area (Å²) in [4.78, 5) is 35.0. The van der Waals surface area contributed by atoms with Gasteiger partial charge in [-0.05, 0) is 0 Å². The first-order valence-corrected chi connectivity index (χ1v) is 5.04. The van der Waals surface area contributed by atoms with E-state index in [1.54, 1.807) is 20.8 Å². The van der Waals surface area contributed by atoms with Gasteiger partial charge in [0.25, 0.3) is 5.79 Å². The molecule has 0 saturated carbocycles. The minimum absolute atomic E-state index is 0.488.